The molecule has 5 heteroatoms. The first-order valence-electron chi connectivity index (χ1n) is 6.05. The van der Waals surface area contributed by atoms with Crippen molar-refractivity contribution >= 4 is 28.9 Å². The second-order valence-electron chi connectivity index (χ2n) is 4.08. The molecule has 0 amide bonds. The highest BCUT2D eigenvalue weighted by molar-refractivity contribution is 7.09. The van der Waals surface area contributed by atoms with Gasteiger partial charge in [0.2, 0.25) is 0 Å². The number of hydrogen-bond donors (Lipinski definition) is 0. The Morgan fingerprint density at radius 1 is 1.47 bits per heavy atom. The molecule has 0 fully saturated rings. The number of aromatic nitrogens is 1. The summed E-state index contributed by atoms with van der Waals surface area (Å²) in [4.78, 5) is 17.1. The zero-order chi connectivity index (χ0) is 13.7. The van der Waals surface area contributed by atoms with Gasteiger partial charge < -0.3 is 4.74 Å². The van der Waals surface area contributed by atoms with Gasteiger partial charge in [-0.2, -0.15) is 0 Å². The van der Waals surface area contributed by atoms with Crippen LogP contribution in [-0.4, -0.2) is 11.0 Å². The lowest BCUT2D eigenvalue weighted by Gasteiger charge is -2.06. The van der Waals surface area contributed by atoms with Crippen molar-refractivity contribution in [1.82, 2.24) is 4.98 Å². The van der Waals surface area contributed by atoms with Crippen LogP contribution in [0.3, 0.4) is 0 Å². The molecule has 0 aliphatic carbocycles. The average molecular weight is 296 g/mol. The number of carbonyl (C=O) groups excluding carboxylic acids is 1. The predicted molar refractivity (Wildman–Crippen MR) is 76.7 cm³/mol. The number of esters is 1. The van der Waals surface area contributed by atoms with Gasteiger partial charge in [0.15, 0.2) is 0 Å². The van der Waals surface area contributed by atoms with Crippen molar-refractivity contribution in [2.75, 3.05) is 0 Å². The molecule has 0 radical (unpaired) electrons. The van der Waals surface area contributed by atoms with E-state index in [2.05, 4.69) is 11.9 Å². The zero-order valence-electron chi connectivity index (χ0n) is 10.6. The number of nitrogens with zero attached hydrogens (tertiary/aromatic N) is 1. The Balaban J connectivity index is 2.05. The van der Waals surface area contributed by atoms with Crippen molar-refractivity contribution in [3.05, 3.63) is 50.9 Å². The summed E-state index contributed by atoms with van der Waals surface area (Å²) in [5.41, 5.74) is 1.28. The van der Waals surface area contributed by atoms with Crippen molar-refractivity contribution < 1.29 is 9.53 Å². The summed E-state index contributed by atoms with van der Waals surface area (Å²) in [6, 6.07) is 7.14. The van der Waals surface area contributed by atoms with E-state index < -0.39 is 0 Å². The first-order valence-corrected chi connectivity index (χ1v) is 7.30. The van der Waals surface area contributed by atoms with E-state index in [1.807, 2.05) is 17.5 Å². The maximum absolute atomic E-state index is 11.9. The molecule has 2 rings (SSSR count). The molecule has 0 aliphatic rings. The minimum absolute atomic E-state index is 0.291. The molecule has 2 aromatic rings. The number of rotatable bonds is 5. The summed E-state index contributed by atoms with van der Waals surface area (Å²) < 4.78 is 5.25. The molecule has 100 valence electrons. The van der Waals surface area contributed by atoms with Gasteiger partial charge in [-0.15, -0.1) is 11.3 Å². The second kappa shape index (κ2) is 6.68. The summed E-state index contributed by atoms with van der Waals surface area (Å²) in [5.74, 6) is -0.366. The number of pyridine rings is 1. The normalized spacial score (nSPS) is 10.4. The molecule has 19 heavy (non-hydrogen) atoms. The maximum atomic E-state index is 11.9. The molecule has 0 saturated heterocycles. The fourth-order valence-corrected chi connectivity index (χ4v) is 2.51. The molecule has 2 aromatic heterocycles. The number of ether oxygens (including phenoxy) is 1. The van der Waals surface area contributed by atoms with Gasteiger partial charge in [0.05, 0.1) is 5.56 Å². The van der Waals surface area contributed by atoms with Crippen molar-refractivity contribution in [3.8, 4) is 0 Å². The summed E-state index contributed by atoms with van der Waals surface area (Å²) in [6.45, 7) is 2.34. The lowest BCUT2D eigenvalue weighted by Crippen LogP contribution is -2.06. The first kappa shape index (κ1) is 14.0. The Hall–Kier alpha value is -1.39. The fourth-order valence-electron chi connectivity index (χ4n) is 1.67. The van der Waals surface area contributed by atoms with Gasteiger partial charge >= 0.3 is 5.97 Å². The molecule has 0 spiro atoms. The van der Waals surface area contributed by atoms with Gasteiger partial charge in [-0.3, -0.25) is 0 Å². The Labute approximate surface area is 121 Å². The zero-order valence-corrected chi connectivity index (χ0v) is 12.1. The van der Waals surface area contributed by atoms with Gasteiger partial charge in [0.25, 0.3) is 0 Å². The van der Waals surface area contributed by atoms with E-state index >= 15 is 0 Å². The van der Waals surface area contributed by atoms with Gasteiger partial charge in [-0.05, 0) is 30.0 Å². The van der Waals surface area contributed by atoms with E-state index in [4.69, 9.17) is 16.3 Å². The van der Waals surface area contributed by atoms with Crippen molar-refractivity contribution in [3.63, 3.8) is 0 Å². The van der Waals surface area contributed by atoms with Crippen LogP contribution in [0.4, 0.5) is 0 Å². The third kappa shape index (κ3) is 4.04. The lowest BCUT2D eigenvalue weighted by atomic mass is 10.2. The highest BCUT2D eigenvalue weighted by Crippen LogP contribution is 2.15. The van der Waals surface area contributed by atoms with E-state index in [0.29, 0.717) is 17.3 Å². The standard InChI is InChI=1S/C14H14ClNO2S/c1-2-4-11-7-10(8-13(15)16-11)14(17)18-9-12-5-3-6-19-12/h3,5-8H,2,4,9H2,1H3. The first-order chi connectivity index (χ1) is 9.19. The molecular formula is C14H14ClNO2S. The van der Waals surface area contributed by atoms with Crippen molar-refractivity contribution in [2.45, 2.75) is 26.4 Å². The van der Waals surface area contributed by atoms with Crippen LogP contribution in [0.2, 0.25) is 5.15 Å². The molecule has 0 unspecified atom stereocenters. The molecule has 0 saturated carbocycles. The third-order valence-electron chi connectivity index (χ3n) is 2.51. The van der Waals surface area contributed by atoms with E-state index in [1.165, 1.54) is 6.07 Å². The largest absolute Gasteiger partial charge is 0.456 e. The molecule has 2 heterocycles. The van der Waals surface area contributed by atoms with E-state index in [9.17, 15) is 4.79 Å². The van der Waals surface area contributed by atoms with Gasteiger partial charge in [-0.25, -0.2) is 9.78 Å². The predicted octanol–water partition coefficient (Wildman–Crippen LogP) is 4.11. The number of aryl methyl sites for hydroxylation is 1. The second-order valence-corrected chi connectivity index (χ2v) is 5.49. The highest BCUT2D eigenvalue weighted by atomic mass is 35.5. The minimum Gasteiger partial charge on any atom is -0.456 e. The van der Waals surface area contributed by atoms with Gasteiger partial charge in [-0.1, -0.05) is 31.0 Å². The van der Waals surface area contributed by atoms with Gasteiger partial charge in [0.1, 0.15) is 11.8 Å². The Morgan fingerprint density at radius 2 is 2.32 bits per heavy atom. The molecule has 0 aromatic carbocycles. The minimum atomic E-state index is -0.366. The van der Waals surface area contributed by atoms with Crippen molar-refractivity contribution in [1.29, 1.82) is 0 Å². The molecule has 0 atom stereocenters. The number of hydrogen-bond acceptors (Lipinski definition) is 4. The summed E-state index contributed by atoms with van der Waals surface area (Å²) in [6.07, 6.45) is 1.75. The molecular weight excluding hydrogens is 282 g/mol. The summed E-state index contributed by atoms with van der Waals surface area (Å²) >= 11 is 7.47. The van der Waals surface area contributed by atoms with Gasteiger partial charge in [0, 0.05) is 10.6 Å². The van der Waals surface area contributed by atoms with Crippen LogP contribution in [0, 0.1) is 0 Å². The maximum Gasteiger partial charge on any atom is 0.338 e. The van der Waals surface area contributed by atoms with Crippen LogP contribution < -0.4 is 0 Å². The molecule has 0 bridgehead atoms. The Morgan fingerprint density at radius 3 is 3.00 bits per heavy atom. The van der Waals surface area contributed by atoms with Crippen LogP contribution in [0.15, 0.2) is 29.6 Å². The van der Waals surface area contributed by atoms with Crippen LogP contribution in [0.1, 0.15) is 34.3 Å². The molecule has 0 aliphatic heterocycles. The smallest absolute Gasteiger partial charge is 0.338 e. The topological polar surface area (TPSA) is 39.2 Å². The lowest BCUT2D eigenvalue weighted by molar-refractivity contribution is 0.0476. The average Bonchev–Trinajstić information content (AvgIpc) is 2.88. The quantitative estimate of drug-likeness (QED) is 0.615. The third-order valence-corrected chi connectivity index (χ3v) is 3.56. The van der Waals surface area contributed by atoms with Crippen LogP contribution >= 0.6 is 22.9 Å². The molecule has 0 N–H and O–H groups in total. The number of thiophene rings is 1. The Bertz CT molecular complexity index is 555. The Kier molecular flexibility index (Phi) is 4.93. The van der Waals surface area contributed by atoms with Crippen LogP contribution in [-0.2, 0) is 17.8 Å². The number of halogens is 1. The SMILES string of the molecule is CCCc1cc(C(=O)OCc2cccs2)cc(Cl)n1. The van der Waals surface area contributed by atoms with Crippen LogP contribution in [0.5, 0.6) is 0 Å². The monoisotopic (exact) mass is 295 g/mol. The highest BCUT2D eigenvalue weighted by Gasteiger charge is 2.11. The molecule has 3 nitrogen and oxygen atoms in total. The van der Waals surface area contributed by atoms with E-state index in [-0.39, 0.29) is 5.97 Å². The number of carbonyl (C=O) groups is 1. The fraction of sp³-hybridized carbons (Fsp3) is 0.286. The van der Waals surface area contributed by atoms with E-state index in [0.717, 1.165) is 23.4 Å². The van der Waals surface area contributed by atoms with E-state index in [1.54, 1.807) is 17.4 Å². The van der Waals surface area contributed by atoms with Crippen molar-refractivity contribution in [2.24, 2.45) is 0 Å². The van der Waals surface area contributed by atoms with Crippen LogP contribution in [0.25, 0.3) is 0 Å². The summed E-state index contributed by atoms with van der Waals surface area (Å²) in [7, 11) is 0. The summed E-state index contributed by atoms with van der Waals surface area (Å²) in [5, 5.41) is 2.28.